The van der Waals surface area contributed by atoms with E-state index in [9.17, 15) is 4.39 Å². The highest BCUT2D eigenvalue weighted by molar-refractivity contribution is 14.0. The monoisotopic (exact) mass is 468 g/mol. The van der Waals surface area contributed by atoms with Crippen LogP contribution in [0.4, 0.5) is 4.39 Å². The molecule has 0 saturated carbocycles. The Hall–Kier alpha value is -0.930. The van der Waals surface area contributed by atoms with Crippen LogP contribution in [0.2, 0.25) is 5.02 Å². The average Bonchev–Trinajstić information content (AvgIpc) is 2.90. The van der Waals surface area contributed by atoms with Crippen molar-refractivity contribution in [2.24, 2.45) is 4.99 Å². The van der Waals surface area contributed by atoms with Gasteiger partial charge in [-0.3, -0.25) is 4.99 Å². The van der Waals surface area contributed by atoms with Gasteiger partial charge in [0.05, 0.1) is 6.54 Å². The molecule has 0 radical (unpaired) electrons. The minimum absolute atomic E-state index is 0. The Labute approximate surface area is 161 Å². The van der Waals surface area contributed by atoms with Gasteiger partial charge in [0.15, 0.2) is 5.96 Å². The van der Waals surface area contributed by atoms with Crippen molar-refractivity contribution in [1.82, 2.24) is 15.6 Å². The average molecular weight is 469 g/mol. The van der Waals surface area contributed by atoms with Gasteiger partial charge in [-0.15, -0.1) is 35.3 Å². The van der Waals surface area contributed by atoms with Gasteiger partial charge in [-0.25, -0.2) is 9.37 Å². The van der Waals surface area contributed by atoms with Gasteiger partial charge < -0.3 is 10.6 Å². The second-order valence-corrected chi connectivity index (χ2v) is 6.43. The summed E-state index contributed by atoms with van der Waals surface area (Å²) in [7, 11) is 1.72. The molecule has 4 nitrogen and oxygen atoms in total. The van der Waals surface area contributed by atoms with Crippen molar-refractivity contribution >= 4 is 52.9 Å². The minimum atomic E-state index is -0.321. The van der Waals surface area contributed by atoms with Gasteiger partial charge in [-0.1, -0.05) is 17.7 Å². The summed E-state index contributed by atoms with van der Waals surface area (Å²) < 4.78 is 13.0. The largest absolute Gasteiger partial charge is 0.356 e. The summed E-state index contributed by atoms with van der Waals surface area (Å²) in [5.74, 6) is 0.379. The maximum absolute atomic E-state index is 13.0. The summed E-state index contributed by atoms with van der Waals surface area (Å²) in [6.45, 7) is 3.32. The van der Waals surface area contributed by atoms with Crippen LogP contribution in [0.3, 0.4) is 0 Å². The summed E-state index contributed by atoms with van der Waals surface area (Å²) in [4.78, 5) is 9.63. The van der Waals surface area contributed by atoms with E-state index in [4.69, 9.17) is 11.6 Å². The van der Waals surface area contributed by atoms with Crippen molar-refractivity contribution in [2.45, 2.75) is 19.9 Å². The van der Waals surface area contributed by atoms with Crippen molar-refractivity contribution in [2.75, 3.05) is 13.6 Å². The van der Waals surface area contributed by atoms with Gasteiger partial charge in [0.1, 0.15) is 10.8 Å². The van der Waals surface area contributed by atoms with Crippen LogP contribution in [0.15, 0.2) is 29.4 Å². The lowest BCUT2D eigenvalue weighted by atomic mass is 10.1. The fourth-order valence-electron chi connectivity index (χ4n) is 1.90. The first-order chi connectivity index (χ1) is 10.6. The number of aromatic nitrogens is 1. The van der Waals surface area contributed by atoms with Gasteiger partial charge in [-0.05, 0) is 31.0 Å². The van der Waals surface area contributed by atoms with Crippen LogP contribution in [0, 0.1) is 12.7 Å². The minimum Gasteiger partial charge on any atom is -0.356 e. The molecule has 126 valence electrons. The van der Waals surface area contributed by atoms with Crippen molar-refractivity contribution in [3.05, 3.63) is 50.7 Å². The summed E-state index contributed by atoms with van der Waals surface area (Å²) >= 11 is 7.66. The highest BCUT2D eigenvalue weighted by Gasteiger charge is 2.04. The molecule has 2 rings (SSSR count). The molecule has 0 aliphatic carbocycles. The van der Waals surface area contributed by atoms with E-state index < -0.39 is 0 Å². The SMILES string of the molecule is CN=C(NCCc1ccc(F)cc1Cl)NCc1ncc(C)s1.I. The number of hydrogen-bond acceptors (Lipinski definition) is 3. The highest BCUT2D eigenvalue weighted by atomic mass is 127. The molecule has 0 bridgehead atoms. The number of benzene rings is 1. The Balaban J connectivity index is 0.00000264. The Morgan fingerprint density at radius 3 is 2.78 bits per heavy atom. The number of aliphatic imine (C=N–C) groups is 1. The van der Waals surface area contributed by atoms with Crippen LogP contribution in [0.25, 0.3) is 0 Å². The molecule has 0 aliphatic heterocycles. The fourth-order valence-corrected chi connectivity index (χ4v) is 2.89. The third-order valence-electron chi connectivity index (χ3n) is 3.00. The molecule has 8 heteroatoms. The fraction of sp³-hybridized carbons (Fsp3) is 0.333. The number of rotatable bonds is 5. The molecule has 0 spiro atoms. The first kappa shape index (κ1) is 20.1. The quantitative estimate of drug-likeness (QED) is 0.399. The molecule has 0 unspecified atom stereocenters. The van der Waals surface area contributed by atoms with Gasteiger partial charge in [0.25, 0.3) is 0 Å². The Bertz CT molecular complexity index is 663. The molecule has 0 aliphatic rings. The molecule has 0 atom stereocenters. The second kappa shape index (κ2) is 10.0. The molecule has 1 aromatic carbocycles. The molecule has 0 amide bonds. The predicted molar refractivity (Wildman–Crippen MR) is 106 cm³/mol. The van der Waals surface area contributed by atoms with E-state index in [1.807, 2.05) is 13.1 Å². The zero-order chi connectivity index (χ0) is 15.9. The van der Waals surface area contributed by atoms with Crippen molar-refractivity contribution < 1.29 is 4.39 Å². The van der Waals surface area contributed by atoms with Gasteiger partial charge >= 0.3 is 0 Å². The zero-order valence-electron chi connectivity index (χ0n) is 12.9. The zero-order valence-corrected chi connectivity index (χ0v) is 16.8. The van der Waals surface area contributed by atoms with E-state index in [2.05, 4.69) is 20.6 Å². The summed E-state index contributed by atoms with van der Waals surface area (Å²) in [6.07, 6.45) is 2.55. The van der Waals surface area contributed by atoms with E-state index in [1.165, 1.54) is 17.0 Å². The lowest BCUT2D eigenvalue weighted by molar-refractivity contribution is 0.627. The summed E-state index contributed by atoms with van der Waals surface area (Å²) in [6, 6.07) is 4.45. The van der Waals surface area contributed by atoms with Crippen LogP contribution < -0.4 is 10.6 Å². The Morgan fingerprint density at radius 1 is 1.39 bits per heavy atom. The Morgan fingerprint density at radius 2 is 2.17 bits per heavy atom. The third-order valence-corrected chi connectivity index (χ3v) is 4.27. The molecule has 0 saturated heterocycles. The van der Waals surface area contributed by atoms with E-state index in [0.29, 0.717) is 30.5 Å². The van der Waals surface area contributed by atoms with Crippen LogP contribution in [-0.4, -0.2) is 24.5 Å². The van der Waals surface area contributed by atoms with E-state index in [-0.39, 0.29) is 29.8 Å². The topological polar surface area (TPSA) is 49.3 Å². The number of hydrogen-bond donors (Lipinski definition) is 2. The van der Waals surface area contributed by atoms with Crippen LogP contribution in [-0.2, 0) is 13.0 Å². The predicted octanol–water partition coefficient (Wildman–Crippen LogP) is 3.77. The third kappa shape index (κ3) is 6.60. The van der Waals surface area contributed by atoms with Crippen molar-refractivity contribution in [1.29, 1.82) is 0 Å². The molecule has 1 heterocycles. The van der Waals surface area contributed by atoms with Crippen LogP contribution in [0.1, 0.15) is 15.4 Å². The molecular formula is C15H19ClFIN4S. The number of nitrogens with zero attached hydrogens (tertiary/aromatic N) is 2. The lowest BCUT2D eigenvalue weighted by Crippen LogP contribution is -2.37. The molecule has 2 aromatic rings. The second-order valence-electron chi connectivity index (χ2n) is 4.70. The summed E-state index contributed by atoms with van der Waals surface area (Å²) in [5.41, 5.74) is 0.904. The van der Waals surface area contributed by atoms with E-state index in [0.717, 1.165) is 10.6 Å². The normalized spacial score (nSPS) is 11.0. The Kier molecular flexibility index (Phi) is 8.78. The van der Waals surface area contributed by atoms with Crippen LogP contribution in [0.5, 0.6) is 0 Å². The molecule has 23 heavy (non-hydrogen) atoms. The number of nitrogens with one attached hydrogen (secondary N) is 2. The van der Waals surface area contributed by atoms with Gasteiger partial charge in [0, 0.05) is 29.7 Å². The molecule has 0 fully saturated rings. The number of aryl methyl sites for hydroxylation is 1. The van der Waals surface area contributed by atoms with Gasteiger partial charge in [-0.2, -0.15) is 0 Å². The van der Waals surface area contributed by atoms with Crippen molar-refractivity contribution in [3.8, 4) is 0 Å². The maximum Gasteiger partial charge on any atom is 0.191 e. The smallest absolute Gasteiger partial charge is 0.191 e. The molecular weight excluding hydrogens is 450 g/mol. The van der Waals surface area contributed by atoms with E-state index >= 15 is 0 Å². The van der Waals surface area contributed by atoms with Crippen LogP contribution >= 0.6 is 46.9 Å². The summed E-state index contributed by atoms with van der Waals surface area (Å²) in [5, 5.41) is 7.87. The lowest BCUT2D eigenvalue weighted by Gasteiger charge is -2.11. The first-order valence-electron chi connectivity index (χ1n) is 6.88. The standard InChI is InChI=1S/C15H18ClFN4S.HI/c1-10-8-20-14(22-10)9-21-15(18-2)19-6-5-11-3-4-12(17)7-13(11)16;/h3-4,7-8H,5-6,9H2,1-2H3,(H2,18,19,21);1H. The number of guanidine groups is 1. The molecule has 2 N–H and O–H groups in total. The number of halogens is 3. The highest BCUT2D eigenvalue weighted by Crippen LogP contribution is 2.17. The number of thiazole rings is 1. The van der Waals surface area contributed by atoms with E-state index in [1.54, 1.807) is 24.5 Å². The molecule has 1 aromatic heterocycles. The van der Waals surface area contributed by atoms with Gasteiger partial charge in [0.2, 0.25) is 0 Å². The van der Waals surface area contributed by atoms with Crippen molar-refractivity contribution in [3.63, 3.8) is 0 Å². The first-order valence-corrected chi connectivity index (χ1v) is 8.07. The maximum atomic E-state index is 13.0.